The van der Waals surface area contributed by atoms with Crippen LogP contribution in [0.1, 0.15) is 19.8 Å². The van der Waals surface area contributed by atoms with Crippen molar-refractivity contribution in [1.29, 1.82) is 0 Å². The molecule has 4 nitrogen and oxygen atoms in total. The molecule has 1 saturated heterocycles. The lowest BCUT2D eigenvalue weighted by molar-refractivity contribution is -0.126. The number of amides is 2. The summed E-state index contributed by atoms with van der Waals surface area (Å²) in [6.07, 6.45) is 1.89. The Balaban J connectivity index is 2.29. The molecule has 0 aliphatic carbocycles. The van der Waals surface area contributed by atoms with Crippen LogP contribution in [0, 0.1) is 5.92 Å². The van der Waals surface area contributed by atoms with Crippen molar-refractivity contribution in [3.05, 3.63) is 0 Å². The van der Waals surface area contributed by atoms with Gasteiger partial charge in [-0.2, -0.15) is 0 Å². The Morgan fingerprint density at radius 3 is 3.08 bits per heavy atom. The summed E-state index contributed by atoms with van der Waals surface area (Å²) < 4.78 is 0. The number of rotatable bonds is 2. The van der Waals surface area contributed by atoms with Crippen LogP contribution < -0.4 is 10.6 Å². The molecule has 1 heterocycles. The Labute approximate surface area is 71.7 Å². The van der Waals surface area contributed by atoms with Gasteiger partial charge >= 0.3 is 0 Å². The third-order valence-corrected chi connectivity index (χ3v) is 2.00. The molecule has 1 rings (SSSR count). The van der Waals surface area contributed by atoms with Crippen molar-refractivity contribution in [2.24, 2.45) is 5.92 Å². The molecule has 1 atom stereocenters. The largest absolute Gasteiger partial charge is 0.356 e. The molecular weight excluding hydrogens is 156 g/mol. The average Bonchev–Trinajstić information content (AvgIpc) is 2.03. The molecule has 0 saturated carbocycles. The van der Waals surface area contributed by atoms with E-state index >= 15 is 0 Å². The first-order valence-electron chi connectivity index (χ1n) is 4.22. The monoisotopic (exact) mass is 170 g/mol. The van der Waals surface area contributed by atoms with Crippen LogP contribution in [0.3, 0.4) is 0 Å². The highest BCUT2D eigenvalue weighted by atomic mass is 16.2. The highest BCUT2D eigenvalue weighted by molar-refractivity contribution is 5.80. The topological polar surface area (TPSA) is 58.2 Å². The van der Waals surface area contributed by atoms with Gasteiger partial charge in [-0.3, -0.25) is 9.59 Å². The lowest BCUT2D eigenvalue weighted by Gasteiger charge is -2.21. The number of piperidine rings is 1. The van der Waals surface area contributed by atoms with Crippen LogP contribution in [0.25, 0.3) is 0 Å². The number of carbonyl (C=O) groups is 2. The predicted octanol–water partition coefficient (Wildman–Crippen LogP) is -0.351. The zero-order valence-electron chi connectivity index (χ0n) is 7.22. The van der Waals surface area contributed by atoms with Crippen LogP contribution in [0.4, 0.5) is 0 Å². The van der Waals surface area contributed by atoms with Crippen molar-refractivity contribution >= 4 is 11.8 Å². The second kappa shape index (κ2) is 4.09. The lowest BCUT2D eigenvalue weighted by atomic mass is 9.99. The van der Waals surface area contributed by atoms with Crippen LogP contribution in [-0.2, 0) is 9.59 Å². The third-order valence-electron chi connectivity index (χ3n) is 2.00. The van der Waals surface area contributed by atoms with E-state index in [4.69, 9.17) is 0 Å². The number of nitrogens with one attached hydrogen (secondary N) is 2. The summed E-state index contributed by atoms with van der Waals surface area (Å²) in [5.74, 6) is -0.0361. The molecule has 2 amide bonds. The van der Waals surface area contributed by atoms with Crippen molar-refractivity contribution in [2.75, 3.05) is 13.1 Å². The Morgan fingerprint density at radius 2 is 2.50 bits per heavy atom. The second-order valence-corrected chi connectivity index (χ2v) is 3.07. The smallest absolute Gasteiger partial charge is 0.224 e. The number of carbonyl (C=O) groups excluding carboxylic acids is 2. The fourth-order valence-corrected chi connectivity index (χ4v) is 1.30. The molecule has 2 N–H and O–H groups in total. The lowest BCUT2D eigenvalue weighted by Crippen LogP contribution is -2.42. The van der Waals surface area contributed by atoms with Gasteiger partial charge in [0.05, 0.1) is 5.92 Å². The molecule has 0 bridgehead atoms. The molecular formula is C8H14N2O2. The summed E-state index contributed by atoms with van der Waals surface area (Å²) in [5, 5.41) is 5.41. The van der Waals surface area contributed by atoms with E-state index in [2.05, 4.69) is 10.6 Å². The summed E-state index contributed by atoms with van der Waals surface area (Å²) >= 11 is 0. The van der Waals surface area contributed by atoms with E-state index in [0.29, 0.717) is 6.54 Å². The highest BCUT2D eigenvalue weighted by Gasteiger charge is 2.21. The minimum Gasteiger partial charge on any atom is -0.356 e. The van der Waals surface area contributed by atoms with Gasteiger partial charge in [0, 0.05) is 20.0 Å². The van der Waals surface area contributed by atoms with Gasteiger partial charge in [-0.15, -0.1) is 0 Å². The van der Waals surface area contributed by atoms with Crippen LogP contribution >= 0.6 is 0 Å². The van der Waals surface area contributed by atoms with Crippen LogP contribution in [0.5, 0.6) is 0 Å². The van der Waals surface area contributed by atoms with Gasteiger partial charge in [-0.25, -0.2) is 0 Å². The zero-order valence-corrected chi connectivity index (χ0v) is 7.22. The Hall–Kier alpha value is -1.06. The van der Waals surface area contributed by atoms with E-state index in [1.54, 1.807) is 0 Å². The van der Waals surface area contributed by atoms with Gasteiger partial charge in [-0.05, 0) is 12.8 Å². The first-order chi connectivity index (χ1) is 5.70. The molecule has 1 aliphatic rings. The summed E-state index contributed by atoms with van der Waals surface area (Å²) in [6, 6.07) is 0. The summed E-state index contributed by atoms with van der Waals surface area (Å²) in [4.78, 5) is 21.7. The zero-order chi connectivity index (χ0) is 8.97. The molecule has 1 fully saturated rings. The molecule has 1 aliphatic heterocycles. The molecule has 1 unspecified atom stereocenters. The van der Waals surface area contributed by atoms with Crippen LogP contribution in [0.2, 0.25) is 0 Å². The fourth-order valence-electron chi connectivity index (χ4n) is 1.30. The summed E-state index contributed by atoms with van der Waals surface area (Å²) in [7, 11) is 0. The van der Waals surface area contributed by atoms with Gasteiger partial charge in [0.15, 0.2) is 0 Å². The van der Waals surface area contributed by atoms with Gasteiger partial charge < -0.3 is 10.6 Å². The van der Waals surface area contributed by atoms with Crippen molar-refractivity contribution in [2.45, 2.75) is 19.8 Å². The second-order valence-electron chi connectivity index (χ2n) is 3.07. The molecule has 0 radical (unpaired) electrons. The SMILES string of the molecule is CC(=O)NCC1CCCNC1=O. The average molecular weight is 170 g/mol. The maximum absolute atomic E-state index is 11.1. The number of hydrogen-bond donors (Lipinski definition) is 2. The number of hydrogen-bond acceptors (Lipinski definition) is 2. The van der Waals surface area contributed by atoms with E-state index in [1.807, 2.05) is 0 Å². The standard InChI is InChI=1S/C8H14N2O2/c1-6(11)10-5-7-3-2-4-9-8(7)12/h7H,2-5H2,1H3,(H,9,12)(H,10,11). The molecule has 0 spiro atoms. The quantitative estimate of drug-likeness (QED) is 0.595. The summed E-state index contributed by atoms with van der Waals surface area (Å²) in [5.41, 5.74) is 0. The van der Waals surface area contributed by atoms with Crippen molar-refractivity contribution in [1.82, 2.24) is 10.6 Å². The fraction of sp³-hybridized carbons (Fsp3) is 0.750. The molecule has 4 heteroatoms. The van der Waals surface area contributed by atoms with Gasteiger partial charge in [0.1, 0.15) is 0 Å². The van der Waals surface area contributed by atoms with Gasteiger partial charge in [0.2, 0.25) is 11.8 Å². The molecule has 0 aromatic rings. The van der Waals surface area contributed by atoms with E-state index in [-0.39, 0.29) is 17.7 Å². The van der Waals surface area contributed by atoms with E-state index < -0.39 is 0 Å². The minimum atomic E-state index is -0.0756. The van der Waals surface area contributed by atoms with Gasteiger partial charge in [-0.1, -0.05) is 0 Å². The molecule has 12 heavy (non-hydrogen) atoms. The van der Waals surface area contributed by atoms with Crippen LogP contribution in [-0.4, -0.2) is 24.9 Å². The van der Waals surface area contributed by atoms with E-state index in [1.165, 1.54) is 6.92 Å². The van der Waals surface area contributed by atoms with Crippen molar-refractivity contribution in [3.8, 4) is 0 Å². The predicted molar refractivity (Wildman–Crippen MR) is 44.4 cm³/mol. The molecule has 0 aromatic carbocycles. The molecule has 68 valence electrons. The first-order valence-corrected chi connectivity index (χ1v) is 4.22. The van der Waals surface area contributed by atoms with E-state index in [9.17, 15) is 9.59 Å². The van der Waals surface area contributed by atoms with Crippen molar-refractivity contribution in [3.63, 3.8) is 0 Å². The minimum absolute atomic E-state index is 0.0253. The van der Waals surface area contributed by atoms with Crippen LogP contribution in [0.15, 0.2) is 0 Å². The highest BCUT2D eigenvalue weighted by Crippen LogP contribution is 2.09. The Bertz CT molecular complexity index is 191. The first kappa shape index (κ1) is 9.03. The maximum Gasteiger partial charge on any atom is 0.224 e. The third kappa shape index (κ3) is 2.53. The summed E-state index contributed by atoms with van der Waals surface area (Å²) in [6.45, 7) is 2.71. The Morgan fingerprint density at radius 1 is 1.75 bits per heavy atom. The van der Waals surface area contributed by atoms with Crippen molar-refractivity contribution < 1.29 is 9.59 Å². The molecule has 0 aromatic heterocycles. The normalized spacial score (nSPS) is 23.1. The van der Waals surface area contributed by atoms with Gasteiger partial charge in [0.25, 0.3) is 0 Å². The Kier molecular flexibility index (Phi) is 3.08. The van der Waals surface area contributed by atoms with E-state index in [0.717, 1.165) is 19.4 Å². The maximum atomic E-state index is 11.1.